The molecule has 2 aliphatic rings. The van der Waals surface area contributed by atoms with Crippen molar-refractivity contribution in [3.8, 4) is 0 Å². The zero-order valence-corrected chi connectivity index (χ0v) is 14.6. The minimum Gasteiger partial charge on any atom is -0.383 e. The minimum absolute atomic E-state index is 0.257. The summed E-state index contributed by atoms with van der Waals surface area (Å²) >= 11 is 1.49. The predicted octanol–water partition coefficient (Wildman–Crippen LogP) is 2.20. The first kappa shape index (κ1) is 16.8. The van der Waals surface area contributed by atoms with Gasteiger partial charge in [0.25, 0.3) is 0 Å². The van der Waals surface area contributed by atoms with Crippen LogP contribution >= 0.6 is 11.8 Å². The first-order valence-corrected chi connectivity index (χ1v) is 9.57. The van der Waals surface area contributed by atoms with Crippen LogP contribution in [0.2, 0.25) is 0 Å². The van der Waals surface area contributed by atoms with Crippen molar-refractivity contribution in [2.75, 3.05) is 26.0 Å². The molecule has 2 atom stereocenters. The highest BCUT2D eigenvalue weighted by molar-refractivity contribution is 7.99. The Morgan fingerprint density at radius 1 is 1.35 bits per heavy atom. The molecule has 2 unspecified atom stereocenters. The van der Waals surface area contributed by atoms with E-state index in [2.05, 4.69) is 15.1 Å². The maximum Gasteiger partial charge on any atom is 0.233 e. The molecule has 0 N–H and O–H groups in total. The van der Waals surface area contributed by atoms with Gasteiger partial charge in [-0.1, -0.05) is 24.6 Å². The van der Waals surface area contributed by atoms with Crippen molar-refractivity contribution >= 4 is 17.7 Å². The van der Waals surface area contributed by atoms with Crippen LogP contribution in [0.1, 0.15) is 38.5 Å². The molecule has 2 heterocycles. The number of hydrogen-bond acceptors (Lipinski definition) is 5. The van der Waals surface area contributed by atoms with E-state index in [1.54, 1.807) is 13.4 Å². The lowest BCUT2D eigenvalue weighted by Crippen LogP contribution is -2.50. The molecular formula is C16H26N4O2S. The number of nitrogens with zero attached hydrogens (tertiary/aromatic N) is 4. The van der Waals surface area contributed by atoms with Gasteiger partial charge >= 0.3 is 0 Å². The molecule has 1 aromatic heterocycles. The first-order valence-electron chi connectivity index (χ1n) is 8.58. The van der Waals surface area contributed by atoms with Crippen molar-refractivity contribution in [3.05, 3.63) is 6.33 Å². The number of carbonyl (C=O) groups is 1. The number of thioether (sulfide) groups is 1. The summed E-state index contributed by atoms with van der Waals surface area (Å²) in [6, 6.07) is 0.483. The summed E-state index contributed by atoms with van der Waals surface area (Å²) < 4.78 is 7.03. The molecule has 1 aliphatic carbocycles. The number of hydrogen-bond donors (Lipinski definition) is 0. The highest BCUT2D eigenvalue weighted by atomic mass is 32.2. The number of methoxy groups -OCH3 is 1. The fourth-order valence-corrected chi connectivity index (χ4v) is 4.67. The van der Waals surface area contributed by atoms with Crippen molar-refractivity contribution in [2.24, 2.45) is 5.92 Å². The maximum atomic E-state index is 12.7. The van der Waals surface area contributed by atoms with Gasteiger partial charge in [-0.15, -0.1) is 10.2 Å². The maximum absolute atomic E-state index is 12.7. The van der Waals surface area contributed by atoms with E-state index >= 15 is 0 Å². The van der Waals surface area contributed by atoms with E-state index in [1.807, 2.05) is 4.57 Å². The Bertz CT molecular complexity index is 520. The van der Waals surface area contributed by atoms with Crippen LogP contribution in [0.3, 0.4) is 0 Å². The van der Waals surface area contributed by atoms with Crippen LogP contribution in [0.4, 0.5) is 0 Å². The summed E-state index contributed by atoms with van der Waals surface area (Å²) in [5.41, 5.74) is 0. The van der Waals surface area contributed by atoms with Crippen LogP contribution in [0.5, 0.6) is 0 Å². The van der Waals surface area contributed by atoms with Gasteiger partial charge in [-0.3, -0.25) is 4.79 Å². The second kappa shape index (κ2) is 8.15. The largest absolute Gasteiger partial charge is 0.383 e. The molecule has 7 heteroatoms. The highest BCUT2D eigenvalue weighted by Crippen LogP contribution is 2.35. The topological polar surface area (TPSA) is 60.2 Å². The smallest absolute Gasteiger partial charge is 0.233 e. The second-order valence-electron chi connectivity index (χ2n) is 6.43. The second-order valence-corrected chi connectivity index (χ2v) is 7.37. The lowest BCUT2D eigenvalue weighted by atomic mass is 9.78. The molecular weight excluding hydrogens is 312 g/mol. The van der Waals surface area contributed by atoms with Gasteiger partial charge in [0.1, 0.15) is 6.33 Å². The van der Waals surface area contributed by atoms with Crippen LogP contribution in [0.15, 0.2) is 11.5 Å². The van der Waals surface area contributed by atoms with E-state index in [9.17, 15) is 4.79 Å². The lowest BCUT2D eigenvalue weighted by molar-refractivity contribution is -0.134. The van der Waals surface area contributed by atoms with Crippen molar-refractivity contribution in [3.63, 3.8) is 0 Å². The van der Waals surface area contributed by atoms with E-state index in [0.29, 0.717) is 24.9 Å². The molecule has 1 saturated carbocycles. The predicted molar refractivity (Wildman–Crippen MR) is 89.3 cm³/mol. The molecule has 0 bridgehead atoms. The molecule has 6 nitrogen and oxygen atoms in total. The van der Waals surface area contributed by atoms with Crippen LogP contribution in [0, 0.1) is 5.92 Å². The van der Waals surface area contributed by atoms with Crippen molar-refractivity contribution in [1.29, 1.82) is 0 Å². The SMILES string of the molecule is COCCn1cnnc1SCC(=O)N1CCCC2CCCCC21. The Morgan fingerprint density at radius 2 is 2.17 bits per heavy atom. The molecule has 0 aromatic carbocycles. The van der Waals surface area contributed by atoms with E-state index < -0.39 is 0 Å². The third-order valence-corrected chi connectivity index (χ3v) is 5.97. The monoisotopic (exact) mass is 338 g/mol. The zero-order valence-electron chi connectivity index (χ0n) is 13.8. The van der Waals surface area contributed by atoms with E-state index in [-0.39, 0.29) is 5.91 Å². The average Bonchev–Trinajstić information content (AvgIpc) is 3.04. The highest BCUT2D eigenvalue weighted by Gasteiger charge is 2.35. The van der Waals surface area contributed by atoms with E-state index in [0.717, 1.165) is 24.0 Å². The minimum atomic E-state index is 0.257. The van der Waals surface area contributed by atoms with Gasteiger partial charge < -0.3 is 14.2 Å². The molecule has 1 aliphatic heterocycles. The quantitative estimate of drug-likeness (QED) is 0.744. The summed E-state index contributed by atoms with van der Waals surface area (Å²) in [5.74, 6) is 1.44. The van der Waals surface area contributed by atoms with Crippen molar-refractivity contribution < 1.29 is 9.53 Å². The zero-order chi connectivity index (χ0) is 16.1. The number of fused-ring (bicyclic) bond motifs is 1. The molecule has 1 aromatic rings. The number of piperidine rings is 1. The number of amides is 1. The molecule has 1 saturated heterocycles. The van der Waals surface area contributed by atoms with Crippen LogP contribution < -0.4 is 0 Å². The van der Waals surface area contributed by atoms with Crippen LogP contribution in [0.25, 0.3) is 0 Å². The number of carbonyl (C=O) groups excluding carboxylic acids is 1. The van der Waals surface area contributed by atoms with Gasteiger partial charge in [0.05, 0.1) is 12.4 Å². The van der Waals surface area contributed by atoms with E-state index in [1.165, 1.54) is 43.9 Å². The summed E-state index contributed by atoms with van der Waals surface area (Å²) in [7, 11) is 1.68. The number of likely N-dealkylation sites (tertiary alicyclic amines) is 1. The van der Waals surface area contributed by atoms with Crippen LogP contribution in [-0.4, -0.2) is 57.6 Å². The Hall–Kier alpha value is -1.08. The van der Waals surface area contributed by atoms with Crippen molar-refractivity contribution in [2.45, 2.75) is 56.3 Å². The average molecular weight is 338 g/mol. The van der Waals surface area contributed by atoms with Gasteiger partial charge in [-0.05, 0) is 31.6 Å². The Morgan fingerprint density at radius 3 is 3.04 bits per heavy atom. The van der Waals surface area contributed by atoms with Gasteiger partial charge in [0.2, 0.25) is 5.91 Å². The Labute approximate surface area is 142 Å². The lowest BCUT2D eigenvalue weighted by Gasteiger charge is -2.44. The fraction of sp³-hybridized carbons (Fsp3) is 0.812. The normalized spacial score (nSPS) is 24.5. The standard InChI is InChI=1S/C16H26N4O2S/c1-22-10-9-19-12-17-18-16(19)23-11-15(21)20-8-4-6-13-5-2-3-7-14(13)20/h12-14H,2-11H2,1H3. The van der Waals surface area contributed by atoms with Gasteiger partial charge in [0, 0.05) is 26.2 Å². The van der Waals surface area contributed by atoms with Gasteiger partial charge in [0.15, 0.2) is 5.16 Å². The summed E-state index contributed by atoms with van der Waals surface area (Å²) in [6.07, 6.45) is 9.24. The molecule has 128 valence electrons. The Kier molecular flexibility index (Phi) is 5.94. The number of rotatable bonds is 6. The summed E-state index contributed by atoms with van der Waals surface area (Å²) in [4.78, 5) is 14.8. The molecule has 0 radical (unpaired) electrons. The molecule has 23 heavy (non-hydrogen) atoms. The molecule has 0 spiro atoms. The van der Waals surface area contributed by atoms with E-state index in [4.69, 9.17) is 4.74 Å². The number of ether oxygens (including phenoxy) is 1. The molecule has 2 fully saturated rings. The van der Waals surface area contributed by atoms with Crippen molar-refractivity contribution in [1.82, 2.24) is 19.7 Å². The third kappa shape index (κ3) is 4.07. The summed E-state index contributed by atoms with van der Waals surface area (Å²) in [6.45, 7) is 2.26. The fourth-order valence-electron chi connectivity index (χ4n) is 3.84. The third-order valence-electron chi connectivity index (χ3n) is 5.00. The summed E-state index contributed by atoms with van der Waals surface area (Å²) in [5, 5.41) is 8.86. The van der Waals surface area contributed by atoms with Gasteiger partial charge in [-0.25, -0.2) is 0 Å². The molecule has 3 rings (SSSR count). The number of aromatic nitrogens is 3. The Balaban J connectivity index is 1.55. The van der Waals surface area contributed by atoms with Crippen LogP contribution in [-0.2, 0) is 16.1 Å². The molecule has 1 amide bonds. The van der Waals surface area contributed by atoms with Gasteiger partial charge in [-0.2, -0.15) is 0 Å². The first-order chi connectivity index (χ1) is 11.3.